The molecule has 1 heterocycles. The molecule has 1 aromatic carbocycles. The number of hydrogen-bond acceptors (Lipinski definition) is 6. The second-order valence-corrected chi connectivity index (χ2v) is 7.23. The molecule has 0 aliphatic carbocycles. The Morgan fingerprint density at radius 3 is 2.45 bits per heavy atom. The summed E-state index contributed by atoms with van der Waals surface area (Å²) in [6, 6.07) is 5.89. The van der Waals surface area contributed by atoms with Gasteiger partial charge in [-0.05, 0) is 24.1 Å². The van der Waals surface area contributed by atoms with Crippen molar-refractivity contribution in [2.24, 2.45) is 0 Å². The highest BCUT2D eigenvalue weighted by Gasteiger charge is 2.21. The summed E-state index contributed by atoms with van der Waals surface area (Å²) < 4.78 is 33.8. The summed E-state index contributed by atoms with van der Waals surface area (Å²) in [5.74, 6) is -0.109. The van der Waals surface area contributed by atoms with Crippen LogP contribution in [0.2, 0.25) is 0 Å². The van der Waals surface area contributed by atoms with Crippen molar-refractivity contribution in [3.63, 3.8) is 0 Å². The van der Waals surface area contributed by atoms with Crippen LogP contribution < -0.4 is 0 Å². The minimum Gasteiger partial charge on any atom is -0.465 e. The zero-order chi connectivity index (χ0) is 16.5. The monoisotopic (exact) mass is 323 g/mol. The lowest BCUT2D eigenvalue weighted by Gasteiger charge is -2.07. The molecule has 0 aliphatic heterocycles. The maximum Gasteiger partial charge on any atom is 0.337 e. The van der Waals surface area contributed by atoms with E-state index in [0.717, 1.165) is 6.26 Å². The van der Waals surface area contributed by atoms with Crippen molar-refractivity contribution in [1.82, 2.24) is 5.16 Å². The number of hydrogen-bond donors (Lipinski definition) is 0. The van der Waals surface area contributed by atoms with E-state index in [9.17, 15) is 13.2 Å². The third-order valence-electron chi connectivity index (χ3n) is 3.19. The van der Waals surface area contributed by atoms with E-state index in [4.69, 9.17) is 4.52 Å². The topological polar surface area (TPSA) is 86.5 Å². The molecule has 1 aromatic heterocycles. The van der Waals surface area contributed by atoms with E-state index < -0.39 is 15.8 Å². The molecule has 0 saturated carbocycles. The Labute approximate surface area is 129 Å². The third-order valence-corrected chi connectivity index (χ3v) is 4.34. The summed E-state index contributed by atoms with van der Waals surface area (Å²) in [6.45, 7) is 3.90. The number of methoxy groups -OCH3 is 1. The maximum absolute atomic E-state index is 11.9. The number of aromatic nitrogens is 1. The van der Waals surface area contributed by atoms with Crippen LogP contribution in [0.5, 0.6) is 0 Å². The first-order valence-corrected chi connectivity index (χ1v) is 8.52. The van der Waals surface area contributed by atoms with Crippen LogP contribution in [0.3, 0.4) is 0 Å². The lowest BCUT2D eigenvalue weighted by molar-refractivity contribution is 0.0600. The summed E-state index contributed by atoms with van der Waals surface area (Å²) >= 11 is 0. The van der Waals surface area contributed by atoms with Crippen molar-refractivity contribution >= 4 is 15.8 Å². The van der Waals surface area contributed by atoms with E-state index in [0.29, 0.717) is 17.0 Å². The van der Waals surface area contributed by atoms with Crippen molar-refractivity contribution in [3.8, 4) is 11.3 Å². The molecule has 0 radical (unpaired) electrons. The Morgan fingerprint density at radius 1 is 1.27 bits per heavy atom. The number of sulfone groups is 1. The number of carbonyl (C=O) groups excluding carboxylic acids is 1. The quantitative estimate of drug-likeness (QED) is 0.804. The number of ether oxygens (including phenoxy) is 1. The lowest BCUT2D eigenvalue weighted by atomic mass is 10.1. The van der Waals surface area contributed by atoms with Gasteiger partial charge >= 0.3 is 5.97 Å². The van der Waals surface area contributed by atoms with Crippen LogP contribution in [0.15, 0.2) is 33.7 Å². The highest BCUT2D eigenvalue weighted by atomic mass is 32.2. The van der Waals surface area contributed by atoms with Gasteiger partial charge in [-0.2, -0.15) is 0 Å². The van der Waals surface area contributed by atoms with Crippen LogP contribution >= 0.6 is 0 Å². The molecule has 7 heteroatoms. The first-order chi connectivity index (χ1) is 10.2. The Hall–Kier alpha value is -2.15. The minimum absolute atomic E-state index is 0.0756. The van der Waals surface area contributed by atoms with Crippen LogP contribution in [-0.4, -0.2) is 32.9 Å². The number of benzene rings is 1. The van der Waals surface area contributed by atoms with Gasteiger partial charge in [-0.15, -0.1) is 0 Å². The molecule has 22 heavy (non-hydrogen) atoms. The minimum atomic E-state index is -3.48. The van der Waals surface area contributed by atoms with Crippen LogP contribution in [0.25, 0.3) is 11.3 Å². The van der Waals surface area contributed by atoms with E-state index in [1.165, 1.54) is 25.3 Å². The molecule has 0 fully saturated rings. The van der Waals surface area contributed by atoms with Crippen LogP contribution in [0.4, 0.5) is 0 Å². The van der Waals surface area contributed by atoms with E-state index in [1.807, 2.05) is 13.8 Å². The Balaban J connectivity index is 2.66. The summed E-state index contributed by atoms with van der Waals surface area (Å²) in [5.41, 5.74) is 1.25. The van der Waals surface area contributed by atoms with E-state index in [-0.39, 0.29) is 16.4 Å². The Kier molecular flexibility index (Phi) is 4.37. The van der Waals surface area contributed by atoms with Gasteiger partial charge in [0.15, 0.2) is 15.6 Å². The second-order valence-electron chi connectivity index (χ2n) is 5.25. The summed E-state index contributed by atoms with van der Waals surface area (Å²) in [6.07, 6.45) is 1.10. The van der Waals surface area contributed by atoms with Crippen molar-refractivity contribution in [2.75, 3.05) is 13.4 Å². The molecule has 0 spiro atoms. The van der Waals surface area contributed by atoms with Crippen molar-refractivity contribution in [3.05, 3.63) is 35.5 Å². The molecule has 0 N–H and O–H groups in total. The van der Waals surface area contributed by atoms with E-state index in [2.05, 4.69) is 9.89 Å². The van der Waals surface area contributed by atoms with E-state index in [1.54, 1.807) is 6.07 Å². The standard InChI is InChI=1S/C15H17NO5S/c1-9(2)12-8-13(21-16-12)11-7-10(15(17)20-3)5-6-14(11)22(4,18)19/h5-9H,1-4H3. The van der Waals surface area contributed by atoms with Gasteiger partial charge in [-0.25, -0.2) is 13.2 Å². The third kappa shape index (κ3) is 3.19. The van der Waals surface area contributed by atoms with Crippen molar-refractivity contribution in [2.45, 2.75) is 24.7 Å². The molecule has 118 valence electrons. The van der Waals surface area contributed by atoms with Gasteiger partial charge in [0.1, 0.15) is 0 Å². The molecule has 6 nitrogen and oxygen atoms in total. The zero-order valence-corrected chi connectivity index (χ0v) is 13.6. The van der Waals surface area contributed by atoms with Gasteiger partial charge in [-0.1, -0.05) is 19.0 Å². The molecule has 0 amide bonds. The van der Waals surface area contributed by atoms with E-state index >= 15 is 0 Å². The lowest BCUT2D eigenvalue weighted by Crippen LogP contribution is -2.05. The Bertz CT molecular complexity index is 805. The van der Waals surface area contributed by atoms with Gasteiger partial charge in [0.25, 0.3) is 0 Å². The second kappa shape index (κ2) is 5.92. The van der Waals surface area contributed by atoms with Crippen LogP contribution in [-0.2, 0) is 14.6 Å². The molecule has 2 aromatic rings. The number of esters is 1. The van der Waals surface area contributed by atoms with Crippen LogP contribution in [0, 0.1) is 0 Å². The number of nitrogens with zero attached hydrogens (tertiary/aromatic N) is 1. The highest BCUT2D eigenvalue weighted by Crippen LogP contribution is 2.30. The number of carbonyl (C=O) groups is 1. The molecular formula is C15H17NO5S. The van der Waals surface area contributed by atoms with Crippen LogP contribution in [0.1, 0.15) is 35.8 Å². The average Bonchev–Trinajstić information content (AvgIpc) is 2.94. The largest absolute Gasteiger partial charge is 0.465 e. The smallest absolute Gasteiger partial charge is 0.337 e. The normalized spacial score (nSPS) is 11.7. The molecule has 0 aliphatic rings. The maximum atomic E-state index is 11.9. The predicted molar refractivity (Wildman–Crippen MR) is 80.5 cm³/mol. The Morgan fingerprint density at radius 2 is 1.95 bits per heavy atom. The molecular weight excluding hydrogens is 306 g/mol. The average molecular weight is 323 g/mol. The summed E-state index contributed by atoms with van der Waals surface area (Å²) in [5, 5.41) is 3.92. The molecule has 0 atom stereocenters. The van der Waals surface area contributed by atoms with Crippen molar-refractivity contribution in [1.29, 1.82) is 0 Å². The van der Waals surface area contributed by atoms with Gasteiger partial charge in [0.2, 0.25) is 0 Å². The van der Waals surface area contributed by atoms with Gasteiger partial charge < -0.3 is 9.26 Å². The van der Waals surface area contributed by atoms with Crippen molar-refractivity contribution < 1.29 is 22.5 Å². The molecule has 0 bridgehead atoms. The first kappa shape index (κ1) is 16.2. The summed E-state index contributed by atoms with van der Waals surface area (Å²) in [7, 11) is -2.22. The SMILES string of the molecule is COC(=O)c1ccc(S(C)(=O)=O)c(-c2cc(C(C)C)no2)c1. The first-order valence-electron chi connectivity index (χ1n) is 6.63. The molecule has 0 unspecified atom stereocenters. The summed E-state index contributed by atoms with van der Waals surface area (Å²) in [4.78, 5) is 11.7. The highest BCUT2D eigenvalue weighted by molar-refractivity contribution is 7.90. The fourth-order valence-electron chi connectivity index (χ4n) is 1.98. The molecule has 0 saturated heterocycles. The fraction of sp³-hybridized carbons (Fsp3) is 0.333. The van der Waals surface area contributed by atoms with Gasteiger partial charge in [-0.3, -0.25) is 0 Å². The van der Waals surface area contributed by atoms with Gasteiger partial charge in [0.05, 0.1) is 23.3 Å². The number of rotatable bonds is 4. The van der Waals surface area contributed by atoms with Gasteiger partial charge in [0, 0.05) is 17.9 Å². The predicted octanol–water partition coefficient (Wildman–Crippen LogP) is 2.66. The zero-order valence-electron chi connectivity index (χ0n) is 12.8. The molecule has 2 rings (SSSR count). The fourth-order valence-corrected chi connectivity index (χ4v) is 2.85.